The Bertz CT molecular complexity index is 512. The second-order valence-electron chi connectivity index (χ2n) is 5.42. The normalized spacial score (nSPS) is 23.8. The largest absolute Gasteiger partial charge is 1.00 e. The summed E-state index contributed by atoms with van der Waals surface area (Å²) >= 11 is -0.977. The number of allylic oxidation sites excluding steroid dienone is 10. The minimum Gasteiger partial charge on any atom is -1.00 e. The Morgan fingerprint density at radius 3 is 1.43 bits per heavy atom. The molecule has 0 fully saturated rings. The molecule has 0 aliphatic heterocycles. The third kappa shape index (κ3) is 4.00. The molecule has 0 N–H and O–H groups in total. The smallest absolute Gasteiger partial charge is 1.00 e. The summed E-state index contributed by atoms with van der Waals surface area (Å²) in [6.07, 6.45) is 8.96. The Balaban J connectivity index is 0.00000200. The molecule has 0 spiro atoms. The van der Waals surface area contributed by atoms with Gasteiger partial charge in [-0.15, -0.1) is 0 Å². The Morgan fingerprint density at radius 2 is 1.14 bits per heavy atom. The predicted octanol–water partition coefficient (Wildman–Crippen LogP) is -0.851. The van der Waals surface area contributed by atoms with Gasteiger partial charge in [0.15, 0.2) is 0 Å². The first-order valence-electron chi connectivity index (χ1n) is 6.80. The van der Waals surface area contributed by atoms with Crippen molar-refractivity contribution in [3.05, 3.63) is 66.4 Å². The molecule has 2 aliphatic carbocycles. The van der Waals surface area contributed by atoms with E-state index in [1.807, 2.05) is 0 Å². The van der Waals surface area contributed by atoms with Gasteiger partial charge >= 0.3 is 129 Å². The van der Waals surface area contributed by atoms with Crippen LogP contribution in [-0.2, 0) is 22.9 Å². The molecule has 0 aromatic carbocycles. The Kier molecular flexibility index (Phi) is 8.46. The molecule has 2 atom stereocenters. The van der Waals surface area contributed by atoms with Crippen LogP contribution in [0.15, 0.2) is 66.4 Å². The van der Waals surface area contributed by atoms with Crippen LogP contribution >= 0.6 is 0 Å². The number of hydrogen-bond donors (Lipinski definition) is 0. The summed E-state index contributed by atoms with van der Waals surface area (Å²) in [7, 11) is 0. The molecule has 112 valence electrons. The molecule has 0 nitrogen and oxygen atoms in total. The van der Waals surface area contributed by atoms with Crippen LogP contribution in [0.1, 0.15) is 27.7 Å². The van der Waals surface area contributed by atoms with Crippen molar-refractivity contribution in [1.82, 2.24) is 0 Å². The van der Waals surface area contributed by atoms with E-state index in [0.29, 0.717) is 11.8 Å². The molecule has 0 aromatic heterocycles. The molecule has 0 bridgehead atoms. The SMILES string of the molecule is C=CC1C=C(C)C(C)=[C]1[Hf+2][C]1=C(C)C(C)=CC1C=C.[Cl-].[Cl-]. The summed E-state index contributed by atoms with van der Waals surface area (Å²) in [4.78, 5) is 0. The molecule has 2 aliphatic rings. The van der Waals surface area contributed by atoms with E-state index in [1.54, 1.807) is 6.66 Å². The number of hydrogen-bond acceptors (Lipinski definition) is 0. The van der Waals surface area contributed by atoms with E-state index < -0.39 is 22.9 Å². The standard InChI is InChI=1S/2C9H11.2ClH.Hf/c2*1-4-9-5-7(2)8(3)6-9;;;/h2*4-5,9H,1H2,2-3H3;2*1H;/q;;;;+2/p-2. The number of halogens is 2. The van der Waals surface area contributed by atoms with Gasteiger partial charge in [0.2, 0.25) is 0 Å². The van der Waals surface area contributed by atoms with Gasteiger partial charge in [0, 0.05) is 0 Å². The van der Waals surface area contributed by atoms with E-state index in [9.17, 15) is 0 Å². The molecule has 3 heteroatoms. The quantitative estimate of drug-likeness (QED) is 0.358. The summed E-state index contributed by atoms with van der Waals surface area (Å²) in [6.45, 7) is 17.0. The summed E-state index contributed by atoms with van der Waals surface area (Å²) in [5.74, 6) is 0.991. The van der Waals surface area contributed by atoms with Gasteiger partial charge in [0.25, 0.3) is 0 Å². The van der Waals surface area contributed by atoms with E-state index in [2.05, 4.69) is 65.2 Å². The maximum absolute atomic E-state index is 4.01. The molecule has 0 amide bonds. The predicted molar refractivity (Wildman–Crippen MR) is 80.3 cm³/mol. The fourth-order valence-electron chi connectivity index (χ4n) is 2.75. The van der Waals surface area contributed by atoms with Crippen molar-refractivity contribution in [2.45, 2.75) is 27.7 Å². The van der Waals surface area contributed by atoms with Gasteiger partial charge in [-0.3, -0.25) is 0 Å². The van der Waals surface area contributed by atoms with Crippen molar-refractivity contribution < 1.29 is 47.7 Å². The van der Waals surface area contributed by atoms with Gasteiger partial charge in [-0.1, -0.05) is 0 Å². The summed E-state index contributed by atoms with van der Waals surface area (Å²) in [5.41, 5.74) is 5.95. The monoisotopic (exact) mass is 488 g/mol. The maximum Gasteiger partial charge on any atom is -1.00 e. The van der Waals surface area contributed by atoms with Crippen molar-refractivity contribution in [3.8, 4) is 0 Å². The van der Waals surface area contributed by atoms with Gasteiger partial charge in [-0.25, -0.2) is 0 Å². The fourth-order valence-corrected chi connectivity index (χ4v) is 9.20. The van der Waals surface area contributed by atoms with Crippen LogP contribution in [0.3, 0.4) is 0 Å². The topological polar surface area (TPSA) is 0 Å². The van der Waals surface area contributed by atoms with Crippen LogP contribution in [0.5, 0.6) is 0 Å². The molecule has 2 unspecified atom stereocenters. The molecular formula is C18H22Cl2Hf. The Morgan fingerprint density at radius 1 is 0.810 bits per heavy atom. The minimum absolute atomic E-state index is 0. The van der Waals surface area contributed by atoms with Crippen molar-refractivity contribution in [3.63, 3.8) is 0 Å². The van der Waals surface area contributed by atoms with Gasteiger partial charge in [0.1, 0.15) is 0 Å². The first kappa shape index (κ1) is 20.9. The molecule has 0 saturated heterocycles. The van der Waals surface area contributed by atoms with Crippen LogP contribution in [0.4, 0.5) is 0 Å². The Hall–Kier alpha value is -0.110. The minimum atomic E-state index is -0.977. The molecule has 0 saturated carbocycles. The summed E-state index contributed by atoms with van der Waals surface area (Å²) < 4.78 is 3.41. The van der Waals surface area contributed by atoms with E-state index in [1.165, 1.54) is 22.3 Å². The zero-order valence-corrected chi connectivity index (χ0v) is 18.2. The zero-order valence-electron chi connectivity index (χ0n) is 13.1. The third-order valence-electron chi connectivity index (χ3n) is 4.29. The van der Waals surface area contributed by atoms with Crippen molar-refractivity contribution in [2.75, 3.05) is 0 Å². The van der Waals surface area contributed by atoms with Crippen LogP contribution < -0.4 is 24.8 Å². The zero-order chi connectivity index (χ0) is 14.2. The van der Waals surface area contributed by atoms with Crippen molar-refractivity contribution in [2.24, 2.45) is 11.8 Å². The van der Waals surface area contributed by atoms with Crippen molar-refractivity contribution >= 4 is 0 Å². The van der Waals surface area contributed by atoms with Crippen LogP contribution in [0.2, 0.25) is 0 Å². The van der Waals surface area contributed by atoms with E-state index in [0.717, 1.165) is 0 Å². The number of rotatable bonds is 4. The Labute approximate surface area is 153 Å². The fraction of sp³-hybridized carbons (Fsp3) is 0.333. The molecule has 0 radical (unpaired) electrons. The van der Waals surface area contributed by atoms with E-state index >= 15 is 0 Å². The first-order valence-corrected chi connectivity index (χ1v) is 10.4. The van der Waals surface area contributed by atoms with Gasteiger partial charge in [-0.2, -0.15) is 0 Å². The second kappa shape index (κ2) is 8.50. The van der Waals surface area contributed by atoms with E-state index in [4.69, 9.17) is 0 Å². The maximum atomic E-state index is 4.01. The average Bonchev–Trinajstić information content (AvgIpc) is 2.83. The van der Waals surface area contributed by atoms with Crippen LogP contribution in [0.25, 0.3) is 0 Å². The summed E-state index contributed by atoms with van der Waals surface area (Å²) in [5, 5.41) is 0. The van der Waals surface area contributed by atoms with Crippen LogP contribution in [-0.4, -0.2) is 0 Å². The van der Waals surface area contributed by atoms with Gasteiger partial charge < -0.3 is 24.8 Å². The molecule has 0 heterocycles. The molecular weight excluding hydrogens is 466 g/mol. The second-order valence-corrected chi connectivity index (χ2v) is 10.2. The molecule has 2 rings (SSSR count). The van der Waals surface area contributed by atoms with Gasteiger partial charge in [0.05, 0.1) is 0 Å². The van der Waals surface area contributed by atoms with Gasteiger partial charge in [-0.05, 0) is 0 Å². The molecule has 0 aromatic rings. The summed E-state index contributed by atoms with van der Waals surface area (Å²) in [6, 6.07) is 0. The first-order chi connectivity index (χ1) is 8.99. The van der Waals surface area contributed by atoms with Crippen LogP contribution in [0, 0.1) is 11.8 Å². The average molecular weight is 488 g/mol. The third-order valence-corrected chi connectivity index (χ3v) is 11.3. The van der Waals surface area contributed by atoms with Crippen molar-refractivity contribution in [1.29, 1.82) is 0 Å². The molecule has 21 heavy (non-hydrogen) atoms. The van der Waals surface area contributed by atoms with E-state index in [-0.39, 0.29) is 24.8 Å².